The van der Waals surface area contributed by atoms with Crippen LogP contribution in [0.1, 0.15) is 34.1 Å². The van der Waals surface area contributed by atoms with Crippen molar-refractivity contribution in [2.75, 3.05) is 20.3 Å². The second kappa shape index (κ2) is 8.12. The lowest BCUT2D eigenvalue weighted by Gasteiger charge is -2.27. The second-order valence-corrected chi connectivity index (χ2v) is 5.26. The lowest BCUT2D eigenvalue weighted by molar-refractivity contribution is -0.151. The van der Waals surface area contributed by atoms with Gasteiger partial charge in [-0.2, -0.15) is 0 Å². The van der Waals surface area contributed by atoms with Gasteiger partial charge in [0, 0.05) is 13.7 Å². The highest BCUT2D eigenvalue weighted by molar-refractivity contribution is 5.88. The molecule has 0 fully saturated rings. The Bertz CT molecular complexity index is 305. The van der Waals surface area contributed by atoms with Crippen molar-refractivity contribution in [2.45, 2.75) is 45.8 Å². The average molecular weight is 275 g/mol. The highest BCUT2D eigenvalue weighted by atomic mass is 16.5. The van der Waals surface area contributed by atoms with Crippen molar-refractivity contribution < 1.29 is 24.2 Å². The van der Waals surface area contributed by atoms with Gasteiger partial charge in [-0.1, -0.05) is 13.8 Å². The predicted molar refractivity (Wildman–Crippen MR) is 70.9 cm³/mol. The third-order valence-corrected chi connectivity index (χ3v) is 2.74. The fourth-order valence-electron chi connectivity index (χ4n) is 1.37. The summed E-state index contributed by atoms with van der Waals surface area (Å²) in [5.74, 6) is -1.10. The minimum absolute atomic E-state index is 0.104. The number of hydrogen-bond donors (Lipinski definition) is 2. The van der Waals surface area contributed by atoms with Crippen LogP contribution >= 0.6 is 0 Å². The first kappa shape index (κ1) is 17.9. The summed E-state index contributed by atoms with van der Waals surface area (Å²) in [5.41, 5.74) is -1.44. The molecule has 0 aliphatic rings. The first-order valence-corrected chi connectivity index (χ1v) is 6.39. The van der Waals surface area contributed by atoms with Crippen molar-refractivity contribution in [1.82, 2.24) is 5.32 Å². The zero-order chi connectivity index (χ0) is 15.1. The number of hydrogen-bond acceptors (Lipinski definition) is 4. The van der Waals surface area contributed by atoms with E-state index in [1.165, 1.54) is 14.0 Å². The normalized spacial score (nSPS) is 15.9. The molecule has 0 aliphatic carbocycles. The van der Waals surface area contributed by atoms with Gasteiger partial charge in [0.15, 0.2) is 5.54 Å². The molecule has 2 unspecified atom stereocenters. The molecule has 0 rings (SSSR count). The molecule has 0 saturated heterocycles. The van der Waals surface area contributed by atoms with Crippen LogP contribution in [0.25, 0.3) is 0 Å². The average Bonchev–Trinajstić information content (AvgIpc) is 2.28. The monoisotopic (exact) mass is 275 g/mol. The Morgan fingerprint density at radius 2 is 1.89 bits per heavy atom. The number of carboxylic acids is 1. The molecule has 0 radical (unpaired) electrons. The Morgan fingerprint density at radius 1 is 1.32 bits per heavy atom. The molecule has 0 saturated carbocycles. The highest BCUT2D eigenvalue weighted by Gasteiger charge is 2.36. The van der Waals surface area contributed by atoms with Crippen LogP contribution in [-0.2, 0) is 19.1 Å². The molecule has 0 aliphatic heterocycles. The third-order valence-electron chi connectivity index (χ3n) is 2.74. The molecule has 112 valence electrons. The van der Waals surface area contributed by atoms with Crippen LogP contribution in [0.15, 0.2) is 0 Å². The summed E-state index contributed by atoms with van der Waals surface area (Å²) in [6, 6.07) is 0. The van der Waals surface area contributed by atoms with Gasteiger partial charge in [0.2, 0.25) is 5.91 Å². The molecule has 0 aromatic carbocycles. The van der Waals surface area contributed by atoms with Crippen LogP contribution in [0.5, 0.6) is 0 Å². The van der Waals surface area contributed by atoms with Crippen molar-refractivity contribution >= 4 is 11.9 Å². The van der Waals surface area contributed by atoms with E-state index in [4.69, 9.17) is 14.6 Å². The molecule has 0 heterocycles. The predicted octanol–water partition coefficient (Wildman–Crippen LogP) is 1.04. The van der Waals surface area contributed by atoms with Gasteiger partial charge in [-0.15, -0.1) is 0 Å². The summed E-state index contributed by atoms with van der Waals surface area (Å²) < 4.78 is 10.2. The Balaban J connectivity index is 4.36. The van der Waals surface area contributed by atoms with E-state index < -0.39 is 23.5 Å². The molecule has 2 N–H and O–H groups in total. The molecule has 1 amide bonds. The van der Waals surface area contributed by atoms with Crippen molar-refractivity contribution in [3.63, 3.8) is 0 Å². The van der Waals surface area contributed by atoms with Crippen LogP contribution in [-0.4, -0.2) is 48.9 Å². The molecule has 6 nitrogen and oxygen atoms in total. The molecule has 2 atom stereocenters. The zero-order valence-corrected chi connectivity index (χ0v) is 12.4. The van der Waals surface area contributed by atoms with Crippen molar-refractivity contribution in [3.8, 4) is 0 Å². The van der Waals surface area contributed by atoms with E-state index in [9.17, 15) is 9.59 Å². The number of nitrogens with one attached hydrogen (secondary N) is 1. The van der Waals surface area contributed by atoms with E-state index in [1.54, 1.807) is 6.92 Å². The smallest absolute Gasteiger partial charge is 0.331 e. The van der Waals surface area contributed by atoms with Crippen LogP contribution in [0.2, 0.25) is 0 Å². The summed E-state index contributed by atoms with van der Waals surface area (Å²) in [6.45, 7) is 7.50. The Morgan fingerprint density at radius 3 is 2.32 bits per heavy atom. The van der Waals surface area contributed by atoms with Crippen LogP contribution in [0.3, 0.4) is 0 Å². The maximum Gasteiger partial charge on any atom is 0.331 e. The molecule has 0 bridgehead atoms. The maximum atomic E-state index is 11.9. The Labute approximate surface area is 114 Å². The van der Waals surface area contributed by atoms with Gasteiger partial charge in [0.25, 0.3) is 0 Å². The van der Waals surface area contributed by atoms with Gasteiger partial charge in [0.05, 0.1) is 6.61 Å². The Kier molecular flexibility index (Phi) is 7.63. The van der Waals surface area contributed by atoms with Gasteiger partial charge < -0.3 is 19.9 Å². The molecule has 0 aromatic heterocycles. The molecule has 6 heteroatoms. The van der Waals surface area contributed by atoms with Crippen LogP contribution in [0, 0.1) is 5.92 Å². The fraction of sp³-hybridized carbons (Fsp3) is 0.846. The van der Waals surface area contributed by atoms with Crippen molar-refractivity contribution in [2.24, 2.45) is 5.92 Å². The topological polar surface area (TPSA) is 84.9 Å². The van der Waals surface area contributed by atoms with E-state index in [0.29, 0.717) is 12.5 Å². The van der Waals surface area contributed by atoms with Gasteiger partial charge in [-0.25, -0.2) is 4.79 Å². The lowest BCUT2D eigenvalue weighted by Crippen LogP contribution is -2.57. The van der Waals surface area contributed by atoms with E-state index in [1.807, 2.05) is 0 Å². The number of rotatable bonds is 9. The summed E-state index contributed by atoms with van der Waals surface area (Å²) in [7, 11) is 1.38. The van der Waals surface area contributed by atoms with Gasteiger partial charge >= 0.3 is 5.97 Å². The SMILES string of the molecule is COCC(C)(NC(=O)C(C)OCCC(C)C)C(=O)O. The number of amides is 1. The second-order valence-electron chi connectivity index (χ2n) is 5.26. The van der Waals surface area contributed by atoms with Crippen LogP contribution < -0.4 is 5.32 Å². The molecular weight excluding hydrogens is 250 g/mol. The minimum atomic E-state index is -1.44. The van der Waals surface area contributed by atoms with Gasteiger partial charge in [-0.05, 0) is 26.2 Å². The van der Waals surface area contributed by atoms with Gasteiger partial charge in [-0.3, -0.25) is 4.79 Å². The number of carboxylic acid groups (broad SMARTS) is 1. The largest absolute Gasteiger partial charge is 0.479 e. The van der Waals surface area contributed by atoms with Crippen molar-refractivity contribution in [1.29, 1.82) is 0 Å². The summed E-state index contributed by atoms with van der Waals surface area (Å²) in [6.07, 6.45) is 0.167. The Hall–Kier alpha value is -1.14. The standard InChI is InChI=1S/C13H25NO5/c1-9(2)6-7-19-10(3)11(15)14-13(4,8-18-5)12(16)17/h9-10H,6-8H2,1-5H3,(H,14,15)(H,16,17). The number of carbonyl (C=O) groups is 2. The van der Waals surface area contributed by atoms with E-state index in [2.05, 4.69) is 19.2 Å². The minimum Gasteiger partial charge on any atom is -0.479 e. The van der Waals surface area contributed by atoms with Gasteiger partial charge in [0.1, 0.15) is 6.10 Å². The number of carbonyl (C=O) groups excluding carboxylic acids is 1. The number of methoxy groups -OCH3 is 1. The summed E-state index contributed by atoms with van der Waals surface area (Å²) in [4.78, 5) is 23.0. The van der Waals surface area contributed by atoms with E-state index in [-0.39, 0.29) is 6.61 Å². The first-order chi connectivity index (χ1) is 8.73. The molecule has 0 aromatic rings. The zero-order valence-electron chi connectivity index (χ0n) is 12.4. The number of ether oxygens (including phenoxy) is 2. The highest BCUT2D eigenvalue weighted by Crippen LogP contribution is 2.07. The summed E-state index contributed by atoms with van der Waals surface area (Å²) in [5, 5.41) is 11.6. The fourth-order valence-corrected chi connectivity index (χ4v) is 1.37. The third kappa shape index (κ3) is 6.54. The lowest BCUT2D eigenvalue weighted by atomic mass is 10.0. The number of aliphatic carboxylic acids is 1. The molecule has 0 spiro atoms. The van der Waals surface area contributed by atoms with E-state index in [0.717, 1.165) is 6.42 Å². The van der Waals surface area contributed by atoms with Crippen molar-refractivity contribution in [3.05, 3.63) is 0 Å². The summed E-state index contributed by atoms with van der Waals surface area (Å²) >= 11 is 0. The molecular formula is C13H25NO5. The molecule has 19 heavy (non-hydrogen) atoms. The maximum absolute atomic E-state index is 11.9. The first-order valence-electron chi connectivity index (χ1n) is 6.39. The van der Waals surface area contributed by atoms with Crippen LogP contribution in [0.4, 0.5) is 0 Å². The van der Waals surface area contributed by atoms with E-state index >= 15 is 0 Å². The quantitative estimate of drug-likeness (QED) is 0.657.